The maximum absolute atomic E-state index is 5.89. The van der Waals surface area contributed by atoms with Crippen LogP contribution in [0.3, 0.4) is 0 Å². The Hall–Kier alpha value is -2.11. The van der Waals surface area contributed by atoms with Crippen molar-refractivity contribution in [1.82, 2.24) is 19.5 Å². The lowest BCUT2D eigenvalue weighted by Gasteiger charge is -2.11. The van der Waals surface area contributed by atoms with Crippen molar-refractivity contribution >= 4 is 11.6 Å². The molecule has 3 N–H and O–H groups in total. The fraction of sp³-hybridized carbons (Fsp3) is 0.500. The van der Waals surface area contributed by atoms with Gasteiger partial charge in [-0.25, -0.2) is 15.0 Å². The summed E-state index contributed by atoms with van der Waals surface area (Å²) >= 11 is 0. The second kappa shape index (κ2) is 6.88. The van der Waals surface area contributed by atoms with Gasteiger partial charge in [-0.05, 0) is 19.8 Å². The first-order valence-electron chi connectivity index (χ1n) is 7.03. The number of unbranched alkanes of at least 4 members (excludes halogenated alkanes) is 1. The SMILES string of the molecule is CCc1nc(N)c(C)c(NCCCCn2ccnc2)n1. The molecule has 0 unspecified atom stereocenters. The van der Waals surface area contributed by atoms with E-state index in [9.17, 15) is 0 Å². The minimum absolute atomic E-state index is 0.567. The van der Waals surface area contributed by atoms with Gasteiger partial charge in [0.1, 0.15) is 17.5 Å². The third kappa shape index (κ3) is 3.69. The molecule has 0 atom stereocenters. The third-order valence-corrected chi connectivity index (χ3v) is 3.24. The molecule has 20 heavy (non-hydrogen) atoms. The minimum atomic E-state index is 0.567. The van der Waals surface area contributed by atoms with E-state index in [4.69, 9.17) is 5.73 Å². The Morgan fingerprint density at radius 2 is 2.15 bits per heavy atom. The van der Waals surface area contributed by atoms with Gasteiger partial charge in [-0.1, -0.05) is 6.92 Å². The predicted molar refractivity (Wildman–Crippen MR) is 80.5 cm³/mol. The summed E-state index contributed by atoms with van der Waals surface area (Å²) in [6.45, 7) is 5.85. The normalized spacial score (nSPS) is 10.7. The van der Waals surface area contributed by atoms with Crippen LogP contribution in [0, 0.1) is 6.92 Å². The lowest BCUT2D eigenvalue weighted by Crippen LogP contribution is -2.10. The van der Waals surface area contributed by atoms with E-state index in [0.717, 1.165) is 49.6 Å². The van der Waals surface area contributed by atoms with Crippen molar-refractivity contribution in [2.45, 2.75) is 39.7 Å². The lowest BCUT2D eigenvalue weighted by atomic mass is 10.2. The maximum Gasteiger partial charge on any atom is 0.134 e. The van der Waals surface area contributed by atoms with Crippen LogP contribution in [0.15, 0.2) is 18.7 Å². The van der Waals surface area contributed by atoms with Crippen LogP contribution in [0.25, 0.3) is 0 Å². The average molecular weight is 274 g/mol. The van der Waals surface area contributed by atoms with Gasteiger partial charge >= 0.3 is 0 Å². The van der Waals surface area contributed by atoms with E-state index in [-0.39, 0.29) is 0 Å². The van der Waals surface area contributed by atoms with Crippen molar-refractivity contribution < 1.29 is 0 Å². The Bertz CT molecular complexity index is 535. The number of nitrogens with zero attached hydrogens (tertiary/aromatic N) is 4. The molecule has 2 aromatic rings. The molecule has 2 rings (SSSR count). The largest absolute Gasteiger partial charge is 0.383 e. The molecule has 0 bridgehead atoms. The first kappa shape index (κ1) is 14.3. The number of anilines is 2. The van der Waals surface area contributed by atoms with E-state index in [0.29, 0.717) is 5.82 Å². The summed E-state index contributed by atoms with van der Waals surface area (Å²) in [7, 11) is 0. The molecule has 2 heterocycles. The highest BCUT2D eigenvalue weighted by Crippen LogP contribution is 2.17. The molecule has 0 spiro atoms. The fourth-order valence-electron chi connectivity index (χ4n) is 1.96. The number of hydrogen-bond acceptors (Lipinski definition) is 5. The van der Waals surface area contributed by atoms with Gasteiger partial charge in [0, 0.05) is 37.5 Å². The molecule has 108 valence electrons. The summed E-state index contributed by atoms with van der Waals surface area (Å²) in [6, 6.07) is 0. The van der Waals surface area contributed by atoms with Gasteiger partial charge in [-0.15, -0.1) is 0 Å². The zero-order valence-electron chi connectivity index (χ0n) is 12.1. The minimum Gasteiger partial charge on any atom is -0.383 e. The first-order valence-corrected chi connectivity index (χ1v) is 7.03. The maximum atomic E-state index is 5.89. The Morgan fingerprint density at radius 1 is 1.30 bits per heavy atom. The van der Waals surface area contributed by atoms with E-state index >= 15 is 0 Å². The number of aryl methyl sites for hydroxylation is 2. The van der Waals surface area contributed by atoms with E-state index < -0.39 is 0 Å². The fourth-order valence-corrected chi connectivity index (χ4v) is 1.96. The summed E-state index contributed by atoms with van der Waals surface area (Å²) in [6.07, 6.45) is 8.59. The number of imidazole rings is 1. The number of hydrogen-bond donors (Lipinski definition) is 2. The van der Waals surface area contributed by atoms with E-state index in [1.807, 2.05) is 26.4 Å². The Kier molecular flexibility index (Phi) is 4.92. The number of nitrogen functional groups attached to an aromatic ring is 1. The second-order valence-corrected chi connectivity index (χ2v) is 4.79. The molecule has 0 aliphatic carbocycles. The molecule has 0 radical (unpaired) electrons. The van der Waals surface area contributed by atoms with Crippen molar-refractivity contribution in [2.24, 2.45) is 0 Å². The number of aromatic nitrogens is 4. The first-order chi connectivity index (χ1) is 9.70. The Balaban J connectivity index is 1.80. The monoisotopic (exact) mass is 274 g/mol. The van der Waals surface area contributed by atoms with Crippen LogP contribution in [0.4, 0.5) is 11.6 Å². The van der Waals surface area contributed by atoms with E-state index in [2.05, 4.69) is 24.8 Å². The number of rotatable bonds is 7. The second-order valence-electron chi connectivity index (χ2n) is 4.79. The van der Waals surface area contributed by atoms with Crippen LogP contribution < -0.4 is 11.1 Å². The van der Waals surface area contributed by atoms with Crippen LogP contribution in [-0.4, -0.2) is 26.1 Å². The molecule has 2 aromatic heterocycles. The molecular weight excluding hydrogens is 252 g/mol. The van der Waals surface area contributed by atoms with Crippen molar-refractivity contribution in [3.63, 3.8) is 0 Å². The summed E-state index contributed by atoms with van der Waals surface area (Å²) < 4.78 is 2.09. The zero-order chi connectivity index (χ0) is 14.4. The molecule has 0 aliphatic rings. The van der Waals surface area contributed by atoms with Crippen molar-refractivity contribution in [3.05, 3.63) is 30.1 Å². The topological polar surface area (TPSA) is 81.6 Å². The number of nitrogens with two attached hydrogens (primary N) is 1. The third-order valence-electron chi connectivity index (χ3n) is 3.24. The van der Waals surface area contributed by atoms with Gasteiger partial charge in [0.25, 0.3) is 0 Å². The van der Waals surface area contributed by atoms with Gasteiger partial charge in [0.05, 0.1) is 6.33 Å². The zero-order valence-corrected chi connectivity index (χ0v) is 12.1. The summed E-state index contributed by atoms with van der Waals surface area (Å²) in [5, 5.41) is 3.35. The predicted octanol–water partition coefficient (Wildman–Crippen LogP) is 2.02. The van der Waals surface area contributed by atoms with Crippen molar-refractivity contribution in [2.75, 3.05) is 17.6 Å². The van der Waals surface area contributed by atoms with Crippen LogP contribution in [-0.2, 0) is 13.0 Å². The van der Waals surface area contributed by atoms with Gasteiger partial charge in [-0.2, -0.15) is 0 Å². The van der Waals surface area contributed by atoms with Gasteiger partial charge in [0.15, 0.2) is 0 Å². The molecule has 0 fully saturated rings. The smallest absolute Gasteiger partial charge is 0.134 e. The quantitative estimate of drug-likeness (QED) is 0.755. The molecule has 0 amide bonds. The summed E-state index contributed by atoms with van der Waals surface area (Å²) in [5.41, 5.74) is 6.82. The summed E-state index contributed by atoms with van der Waals surface area (Å²) in [5.74, 6) is 2.21. The van der Waals surface area contributed by atoms with E-state index in [1.54, 1.807) is 6.20 Å². The Labute approximate surface area is 119 Å². The highest BCUT2D eigenvalue weighted by atomic mass is 15.1. The van der Waals surface area contributed by atoms with Crippen molar-refractivity contribution in [1.29, 1.82) is 0 Å². The van der Waals surface area contributed by atoms with Crippen LogP contribution in [0.1, 0.15) is 31.2 Å². The van der Waals surface area contributed by atoms with Gasteiger partial charge in [-0.3, -0.25) is 0 Å². The van der Waals surface area contributed by atoms with Gasteiger partial charge in [0.2, 0.25) is 0 Å². The molecule has 6 heteroatoms. The van der Waals surface area contributed by atoms with Gasteiger partial charge < -0.3 is 15.6 Å². The van der Waals surface area contributed by atoms with Crippen LogP contribution in [0.5, 0.6) is 0 Å². The molecule has 6 nitrogen and oxygen atoms in total. The summed E-state index contributed by atoms with van der Waals surface area (Å²) in [4.78, 5) is 12.8. The van der Waals surface area contributed by atoms with Crippen LogP contribution in [0.2, 0.25) is 0 Å². The molecular formula is C14H22N6. The highest BCUT2D eigenvalue weighted by molar-refractivity contribution is 5.54. The van der Waals surface area contributed by atoms with E-state index in [1.165, 1.54) is 0 Å². The molecule has 0 aromatic carbocycles. The number of nitrogens with one attached hydrogen (secondary N) is 1. The van der Waals surface area contributed by atoms with Crippen LogP contribution >= 0.6 is 0 Å². The molecule has 0 aliphatic heterocycles. The molecule has 0 saturated heterocycles. The highest BCUT2D eigenvalue weighted by Gasteiger charge is 2.06. The average Bonchev–Trinajstić information content (AvgIpc) is 2.96. The van der Waals surface area contributed by atoms with Crippen molar-refractivity contribution in [3.8, 4) is 0 Å². The Morgan fingerprint density at radius 3 is 2.85 bits per heavy atom. The standard InChI is InChI=1S/C14H22N6/c1-3-12-18-13(15)11(2)14(19-12)17-6-4-5-8-20-9-7-16-10-20/h7,9-10H,3-6,8H2,1-2H3,(H3,15,17,18,19). The lowest BCUT2D eigenvalue weighted by molar-refractivity contribution is 0.620. The molecule has 0 saturated carbocycles.